The SMILES string of the molecule is CCC(C(=O)NC1CCCC1)N(Cc1cccc(C)c1)C(=O)COc1ccc(C)cc1C. The first-order valence-corrected chi connectivity index (χ1v) is 11.7. The summed E-state index contributed by atoms with van der Waals surface area (Å²) < 4.78 is 5.88. The predicted molar refractivity (Wildman–Crippen MR) is 128 cm³/mol. The maximum Gasteiger partial charge on any atom is 0.261 e. The summed E-state index contributed by atoms with van der Waals surface area (Å²) in [5.41, 5.74) is 4.29. The van der Waals surface area contributed by atoms with Gasteiger partial charge < -0.3 is 15.0 Å². The summed E-state index contributed by atoms with van der Waals surface area (Å²) in [5, 5.41) is 3.18. The van der Waals surface area contributed by atoms with E-state index in [1.807, 2.05) is 64.1 Å². The molecular weight excluding hydrogens is 400 g/mol. The van der Waals surface area contributed by atoms with Crippen molar-refractivity contribution in [1.82, 2.24) is 10.2 Å². The molecule has 1 saturated carbocycles. The molecule has 1 N–H and O–H groups in total. The molecule has 1 atom stereocenters. The van der Waals surface area contributed by atoms with Crippen LogP contribution in [0.25, 0.3) is 0 Å². The summed E-state index contributed by atoms with van der Waals surface area (Å²) in [4.78, 5) is 28.2. The third-order valence-corrected chi connectivity index (χ3v) is 6.20. The molecule has 1 fully saturated rings. The van der Waals surface area contributed by atoms with Crippen molar-refractivity contribution in [1.29, 1.82) is 0 Å². The maximum absolute atomic E-state index is 13.3. The van der Waals surface area contributed by atoms with Crippen molar-refractivity contribution in [2.45, 2.75) is 78.4 Å². The van der Waals surface area contributed by atoms with Gasteiger partial charge in [0.05, 0.1) is 0 Å². The lowest BCUT2D eigenvalue weighted by Crippen LogP contribution is -2.52. The summed E-state index contributed by atoms with van der Waals surface area (Å²) in [6, 6.07) is 13.7. The second-order valence-electron chi connectivity index (χ2n) is 8.98. The molecule has 2 aromatic rings. The van der Waals surface area contributed by atoms with Crippen LogP contribution >= 0.6 is 0 Å². The Morgan fingerprint density at radius 2 is 1.78 bits per heavy atom. The Labute approximate surface area is 192 Å². The van der Waals surface area contributed by atoms with E-state index in [1.54, 1.807) is 4.90 Å². The molecule has 0 bridgehead atoms. The fraction of sp³-hybridized carbons (Fsp3) is 0.481. The van der Waals surface area contributed by atoms with Gasteiger partial charge in [-0.25, -0.2) is 0 Å². The van der Waals surface area contributed by atoms with E-state index >= 15 is 0 Å². The lowest BCUT2D eigenvalue weighted by atomic mass is 10.1. The maximum atomic E-state index is 13.3. The number of carbonyl (C=O) groups excluding carboxylic acids is 2. The number of hydrogen-bond donors (Lipinski definition) is 1. The average molecular weight is 437 g/mol. The molecule has 2 amide bonds. The smallest absolute Gasteiger partial charge is 0.261 e. The molecule has 3 rings (SSSR count). The third-order valence-electron chi connectivity index (χ3n) is 6.20. The van der Waals surface area contributed by atoms with Crippen LogP contribution in [0.3, 0.4) is 0 Å². The molecule has 0 aromatic heterocycles. The van der Waals surface area contributed by atoms with Gasteiger partial charge >= 0.3 is 0 Å². The molecule has 1 aliphatic carbocycles. The summed E-state index contributed by atoms with van der Waals surface area (Å²) >= 11 is 0. The van der Waals surface area contributed by atoms with Crippen LogP contribution < -0.4 is 10.1 Å². The van der Waals surface area contributed by atoms with Gasteiger partial charge in [0.25, 0.3) is 5.91 Å². The number of rotatable bonds is 9. The van der Waals surface area contributed by atoms with Crippen LogP contribution in [0.5, 0.6) is 5.75 Å². The highest BCUT2D eigenvalue weighted by Crippen LogP contribution is 2.21. The van der Waals surface area contributed by atoms with Gasteiger partial charge in [-0.15, -0.1) is 0 Å². The fourth-order valence-corrected chi connectivity index (χ4v) is 4.48. The van der Waals surface area contributed by atoms with Gasteiger partial charge in [-0.2, -0.15) is 0 Å². The highest BCUT2D eigenvalue weighted by molar-refractivity contribution is 5.88. The van der Waals surface area contributed by atoms with E-state index in [9.17, 15) is 9.59 Å². The lowest BCUT2D eigenvalue weighted by molar-refractivity contribution is -0.143. The van der Waals surface area contributed by atoms with Crippen LogP contribution in [0.15, 0.2) is 42.5 Å². The number of carbonyl (C=O) groups is 2. The standard InChI is InChI=1S/C27H36N2O3/c1-5-24(27(31)28-23-11-6-7-12-23)29(17-22-10-8-9-19(2)16-22)26(30)18-32-25-14-13-20(3)15-21(25)4/h8-10,13-16,23-24H,5-7,11-12,17-18H2,1-4H3,(H,28,31). The molecule has 0 aliphatic heterocycles. The van der Waals surface area contributed by atoms with Crippen molar-refractivity contribution in [3.63, 3.8) is 0 Å². The number of nitrogens with one attached hydrogen (secondary N) is 1. The van der Waals surface area contributed by atoms with Gasteiger partial charge in [-0.3, -0.25) is 9.59 Å². The molecule has 0 saturated heterocycles. The number of ether oxygens (including phenoxy) is 1. The highest BCUT2D eigenvalue weighted by atomic mass is 16.5. The summed E-state index contributed by atoms with van der Waals surface area (Å²) in [6.45, 7) is 8.28. The first-order valence-electron chi connectivity index (χ1n) is 11.7. The minimum Gasteiger partial charge on any atom is -0.483 e. The highest BCUT2D eigenvalue weighted by Gasteiger charge is 2.31. The number of hydrogen-bond acceptors (Lipinski definition) is 3. The van der Waals surface area contributed by atoms with Crippen molar-refractivity contribution >= 4 is 11.8 Å². The minimum absolute atomic E-state index is 0.0630. The van der Waals surface area contributed by atoms with E-state index in [-0.39, 0.29) is 24.5 Å². The van der Waals surface area contributed by atoms with Crippen molar-refractivity contribution in [2.75, 3.05) is 6.61 Å². The number of benzene rings is 2. The Kier molecular flexibility index (Phi) is 8.32. The monoisotopic (exact) mass is 436 g/mol. The second kappa shape index (κ2) is 11.2. The Balaban J connectivity index is 1.77. The quantitative estimate of drug-likeness (QED) is 0.611. The molecule has 1 aliphatic rings. The average Bonchev–Trinajstić information content (AvgIpc) is 3.26. The van der Waals surface area contributed by atoms with E-state index in [0.29, 0.717) is 18.7 Å². The molecule has 0 heterocycles. The van der Waals surface area contributed by atoms with Crippen molar-refractivity contribution in [2.24, 2.45) is 0 Å². The van der Waals surface area contributed by atoms with Crippen LogP contribution in [0, 0.1) is 20.8 Å². The second-order valence-corrected chi connectivity index (χ2v) is 8.98. The van der Waals surface area contributed by atoms with Crippen LogP contribution in [0.4, 0.5) is 0 Å². The lowest BCUT2D eigenvalue weighted by Gasteiger charge is -2.31. The molecule has 0 spiro atoms. The largest absolute Gasteiger partial charge is 0.483 e. The molecule has 5 nitrogen and oxygen atoms in total. The van der Waals surface area contributed by atoms with E-state index in [0.717, 1.165) is 47.9 Å². The molecular formula is C27H36N2O3. The Hall–Kier alpha value is -2.82. The number of amides is 2. The van der Waals surface area contributed by atoms with Crippen molar-refractivity contribution in [3.8, 4) is 5.75 Å². The van der Waals surface area contributed by atoms with Crippen molar-refractivity contribution < 1.29 is 14.3 Å². The van der Waals surface area contributed by atoms with Gasteiger partial charge in [0.15, 0.2) is 6.61 Å². The van der Waals surface area contributed by atoms with Gasteiger partial charge in [0, 0.05) is 12.6 Å². The van der Waals surface area contributed by atoms with Gasteiger partial charge in [0.2, 0.25) is 5.91 Å². The molecule has 2 aromatic carbocycles. The van der Waals surface area contributed by atoms with Crippen LogP contribution in [0.1, 0.15) is 61.3 Å². The zero-order valence-electron chi connectivity index (χ0n) is 19.8. The molecule has 1 unspecified atom stereocenters. The zero-order chi connectivity index (χ0) is 23.1. The third kappa shape index (κ3) is 6.35. The van der Waals surface area contributed by atoms with Crippen LogP contribution in [-0.4, -0.2) is 35.4 Å². The molecule has 5 heteroatoms. The summed E-state index contributed by atoms with van der Waals surface area (Å²) in [5.74, 6) is 0.453. The van der Waals surface area contributed by atoms with Crippen LogP contribution in [-0.2, 0) is 16.1 Å². The zero-order valence-corrected chi connectivity index (χ0v) is 19.8. The van der Waals surface area contributed by atoms with Gasteiger partial charge in [-0.1, -0.05) is 67.3 Å². The predicted octanol–water partition coefficient (Wildman–Crippen LogP) is 4.86. The van der Waals surface area contributed by atoms with Gasteiger partial charge in [0.1, 0.15) is 11.8 Å². The first kappa shape index (κ1) is 23.8. The van der Waals surface area contributed by atoms with E-state index < -0.39 is 6.04 Å². The van der Waals surface area contributed by atoms with E-state index in [2.05, 4.69) is 11.4 Å². The fourth-order valence-electron chi connectivity index (χ4n) is 4.48. The number of nitrogens with zero attached hydrogens (tertiary/aromatic N) is 1. The van der Waals surface area contributed by atoms with E-state index in [1.165, 1.54) is 0 Å². The normalized spacial score (nSPS) is 14.8. The van der Waals surface area contributed by atoms with Crippen molar-refractivity contribution in [3.05, 3.63) is 64.7 Å². The molecule has 0 radical (unpaired) electrons. The van der Waals surface area contributed by atoms with Gasteiger partial charge in [-0.05, 0) is 57.2 Å². The first-order chi connectivity index (χ1) is 15.4. The molecule has 32 heavy (non-hydrogen) atoms. The summed E-state index contributed by atoms with van der Waals surface area (Å²) in [6.07, 6.45) is 4.89. The Morgan fingerprint density at radius 1 is 1.06 bits per heavy atom. The minimum atomic E-state index is -0.522. The summed E-state index contributed by atoms with van der Waals surface area (Å²) in [7, 11) is 0. The Bertz CT molecular complexity index is 934. The Morgan fingerprint density at radius 3 is 2.44 bits per heavy atom. The van der Waals surface area contributed by atoms with Crippen LogP contribution in [0.2, 0.25) is 0 Å². The van der Waals surface area contributed by atoms with E-state index in [4.69, 9.17) is 4.74 Å². The molecule has 172 valence electrons. The topological polar surface area (TPSA) is 58.6 Å². The number of aryl methyl sites for hydroxylation is 3.